The Hall–Kier alpha value is -0.870. The van der Waals surface area contributed by atoms with Crippen LogP contribution in [0.2, 0.25) is 0 Å². The Morgan fingerprint density at radius 1 is 1.50 bits per heavy atom. The highest BCUT2D eigenvalue weighted by atomic mass is 16.4. The molecule has 3 atom stereocenters. The molecule has 1 saturated carbocycles. The summed E-state index contributed by atoms with van der Waals surface area (Å²) in [6.45, 7) is 2.13. The second-order valence-electron chi connectivity index (χ2n) is 6.08. The maximum absolute atomic E-state index is 10.7. The molecule has 116 valence electrons. The molecule has 0 heterocycles. The Balaban J connectivity index is 2.41. The minimum absolute atomic E-state index is 0.147. The molecule has 4 heteroatoms. The van der Waals surface area contributed by atoms with Crippen molar-refractivity contribution in [1.82, 2.24) is 0 Å². The summed E-state index contributed by atoms with van der Waals surface area (Å²) in [5, 5.41) is 30.7. The molecule has 1 rings (SSSR count). The van der Waals surface area contributed by atoms with Gasteiger partial charge in [0, 0.05) is 12.4 Å². The summed E-state index contributed by atoms with van der Waals surface area (Å²) < 4.78 is 0. The molecule has 1 fully saturated rings. The number of hydrogen-bond acceptors (Lipinski definition) is 4. The Morgan fingerprint density at radius 2 is 2.25 bits per heavy atom. The lowest BCUT2D eigenvalue weighted by atomic mass is 9.76. The lowest BCUT2D eigenvalue weighted by molar-refractivity contribution is -0.309. The molecule has 0 bridgehead atoms. The number of carbonyl (C=O) groups excluding carboxylic acids is 1. The molecule has 1 aliphatic rings. The number of allylic oxidation sites excluding steroid dienone is 1. The third-order valence-electron chi connectivity index (χ3n) is 4.04. The molecule has 4 nitrogen and oxygen atoms in total. The first-order chi connectivity index (χ1) is 9.45. The number of aliphatic carboxylic acids is 1. The van der Waals surface area contributed by atoms with Crippen LogP contribution in [0.5, 0.6) is 0 Å². The van der Waals surface area contributed by atoms with Crippen molar-refractivity contribution in [3.63, 3.8) is 0 Å². The van der Waals surface area contributed by atoms with Crippen LogP contribution in [0.1, 0.15) is 64.7 Å². The van der Waals surface area contributed by atoms with Crippen LogP contribution in [-0.4, -0.2) is 27.9 Å². The number of carboxylic acids is 1. The van der Waals surface area contributed by atoms with Crippen molar-refractivity contribution in [1.29, 1.82) is 0 Å². The summed E-state index contributed by atoms with van der Waals surface area (Å²) in [4.78, 5) is 10.7. The van der Waals surface area contributed by atoms with Crippen molar-refractivity contribution in [3.05, 3.63) is 12.2 Å². The van der Waals surface area contributed by atoms with Gasteiger partial charge in [-0.2, -0.15) is 0 Å². The number of aliphatic hydroxyl groups excluding tert-OH is 1. The molecular weight excluding hydrogens is 256 g/mol. The molecule has 1 unspecified atom stereocenters. The fraction of sp³-hybridized carbons (Fsp3) is 0.812. The van der Waals surface area contributed by atoms with E-state index in [-0.39, 0.29) is 12.3 Å². The van der Waals surface area contributed by atoms with E-state index in [9.17, 15) is 20.1 Å². The van der Waals surface area contributed by atoms with E-state index in [4.69, 9.17) is 0 Å². The topological polar surface area (TPSA) is 80.6 Å². The van der Waals surface area contributed by atoms with Crippen molar-refractivity contribution in [2.75, 3.05) is 0 Å². The van der Waals surface area contributed by atoms with Gasteiger partial charge in [-0.25, -0.2) is 0 Å². The molecule has 20 heavy (non-hydrogen) atoms. The van der Waals surface area contributed by atoms with Gasteiger partial charge in [0.25, 0.3) is 0 Å². The molecule has 0 aromatic carbocycles. The van der Waals surface area contributed by atoms with Gasteiger partial charge in [-0.3, -0.25) is 0 Å². The predicted molar refractivity (Wildman–Crippen MR) is 75.8 cm³/mol. The van der Waals surface area contributed by atoms with Crippen molar-refractivity contribution < 1.29 is 20.1 Å². The van der Waals surface area contributed by atoms with Gasteiger partial charge in [-0.05, 0) is 38.0 Å². The first-order valence-corrected chi connectivity index (χ1v) is 7.74. The quantitative estimate of drug-likeness (QED) is 0.523. The number of hydrogen-bond donors (Lipinski definition) is 2. The SMILES string of the molecule is CCCCCC(O)/C=C/[C@H]1CCC[C@](O)(CC(=O)[O-])C1. The molecule has 0 saturated heterocycles. The largest absolute Gasteiger partial charge is 0.550 e. The van der Waals surface area contributed by atoms with E-state index in [1.807, 2.05) is 6.08 Å². The summed E-state index contributed by atoms with van der Waals surface area (Å²) in [5.41, 5.74) is -1.14. The molecule has 0 spiro atoms. The Bertz CT molecular complexity index is 326. The number of unbranched alkanes of at least 4 members (excludes halogenated alkanes) is 2. The maximum Gasteiger partial charge on any atom is 0.0721 e. The van der Waals surface area contributed by atoms with Gasteiger partial charge >= 0.3 is 0 Å². The number of carboxylic acid groups (broad SMARTS) is 1. The van der Waals surface area contributed by atoms with Crippen LogP contribution in [0.3, 0.4) is 0 Å². The van der Waals surface area contributed by atoms with E-state index in [0.717, 1.165) is 38.5 Å². The third-order valence-corrected chi connectivity index (χ3v) is 4.04. The van der Waals surface area contributed by atoms with Gasteiger partial charge in [-0.15, -0.1) is 0 Å². The van der Waals surface area contributed by atoms with Gasteiger partial charge in [0.15, 0.2) is 0 Å². The number of aliphatic hydroxyl groups is 2. The second-order valence-corrected chi connectivity index (χ2v) is 6.08. The van der Waals surface area contributed by atoms with Crippen LogP contribution < -0.4 is 5.11 Å². The van der Waals surface area contributed by atoms with Crippen molar-refractivity contribution >= 4 is 5.97 Å². The minimum atomic E-state index is -1.20. The van der Waals surface area contributed by atoms with Crippen LogP contribution >= 0.6 is 0 Å². The second kappa shape index (κ2) is 8.42. The molecular formula is C16H27O4-. The zero-order valence-corrected chi connectivity index (χ0v) is 12.4. The molecule has 2 N–H and O–H groups in total. The highest BCUT2D eigenvalue weighted by Crippen LogP contribution is 2.35. The van der Waals surface area contributed by atoms with Crippen LogP contribution in [-0.2, 0) is 4.79 Å². The molecule has 0 aromatic heterocycles. The van der Waals surface area contributed by atoms with Crippen molar-refractivity contribution in [2.45, 2.75) is 76.4 Å². The molecule has 0 aliphatic heterocycles. The highest BCUT2D eigenvalue weighted by molar-refractivity contribution is 5.65. The zero-order valence-electron chi connectivity index (χ0n) is 12.4. The zero-order chi connectivity index (χ0) is 15.0. The van der Waals surface area contributed by atoms with Gasteiger partial charge in [-0.1, -0.05) is 38.3 Å². The van der Waals surface area contributed by atoms with E-state index >= 15 is 0 Å². The average molecular weight is 283 g/mol. The van der Waals surface area contributed by atoms with E-state index in [1.54, 1.807) is 6.08 Å². The monoisotopic (exact) mass is 283 g/mol. The van der Waals surface area contributed by atoms with Crippen LogP contribution in [0.4, 0.5) is 0 Å². The number of rotatable bonds is 8. The van der Waals surface area contributed by atoms with Crippen LogP contribution in [0.25, 0.3) is 0 Å². The molecule has 0 aromatic rings. The minimum Gasteiger partial charge on any atom is -0.550 e. The van der Waals surface area contributed by atoms with Gasteiger partial charge in [0.05, 0.1) is 11.7 Å². The van der Waals surface area contributed by atoms with Crippen LogP contribution in [0, 0.1) is 5.92 Å². The summed E-state index contributed by atoms with van der Waals surface area (Å²) in [5.74, 6) is -1.05. The van der Waals surface area contributed by atoms with E-state index in [0.29, 0.717) is 12.8 Å². The summed E-state index contributed by atoms with van der Waals surface area (Å²) >= 11 is 0. The van der Waals surface area contributed by atoms with Gasteiger partial charge in [0.1, 0.15) is 0 Å². The average Bonchev–Trinajstić information content (AvgIpc) is 2.35. The van der Waals surface area contributed by atoms with Gasteiger partial charge < -0.3 is 20.1 Å². The molecule has 1 aliphatic carbocycles. The Kier molecular flexibility index (Phi) is 7.24. The summed E-state index contributed by atoms with van der Waals surface area (Å²) in [6.07, 6.45) is 9.76. The van der Waals surface area contributed by atoms with Gasteiger partial charge in [0.2, 0.25) is 0 Å². The smallest absolute Gasteiger partial charge is 0.0721 e. The molecule has 0 radical (unpaired) electrons. The fourth-order valence-electron chi connectivity index (χ4n) is 2.96. The Morgan fingerprint density at radius 3 is 2.90 bits per heavy atom. The lowest BCUT2D eigenvalue weighted by Gasteiger charge is -2.36. The Labute approximate surface area is 121 Å². The van der Waals surface area contributed by atoms with Crippen molar-refractivity contribution in [3.8, 4) is 0 Å². The maximum atomic E-state index is 10.7. The fourth-order valence-corrected chi connectivity index (χ4v) is 2.96. The summed E-state index contributed by atoms with van der Waals surface area (Å²) in [6, 6.07) is 0. The standard InChI is InChI=1S/C16H28O4/c1-2-3-4-7-14(17)9-8-13-6-5-10-16(20,11-13)12-15(18)19/h8-9,13-14,17,20H,2-7,10-12H2,1H3,(H,18,19)/p-1/b9-8+/t13-,14?,16-/m1/s1. The van der Waals surface area contributed by atoms with Crippen LogP contribution in [0.15, 0.2) is 12.2 Å². The highest BCUT2D eigenvalue weighted by Gasteiger charge is 2.33. The number of carbonyl (C=O) groups is 1. The third kappa shape index (κ3) is 6.53. The first-order valence-electron chi connectivity index (χ1n) is 7.74. The van der Waals surface area contributed by atoms with E-state index in [2.05, 4.69) is 6.92 Å². The lowest BCUT2D eigenvalue weighted by Crippen LogP contribution is -2.41. The molecule has 0 amide bonds. The van der Waals surface area contributed by atoms with Crippen molar-refractivity contribution in [2.24, 2.45) is 5.92 Å². The first kappa shape index (κ1) is 17.2. The van der Waals surface area contributed by atoms with E-state index < -0.39 is 17.7 Å². The predicted octanol–water partition coefficient (Wildman–Crippen LogP) is 1.55. The summed E-state index contributed by atoms with van der Waals surface area (Å²) in [7, 11) is 0. The van der Waals surface area contributed by atoms with E-state index in [1.165, 1.54) is 0 Å². The normalized spacial score (nSPS) is 28.6.